The summed E-state index contributed by atoms with van der Waals surface area (Å²) in [6, 6.07) is 0.279. The van der Waals surface area contributed by atoms with E-state index in [4.69, 9.17) is 4.74 Å². The van der Waals surface area contributed by atoms with Crippen molar-refractivity contribution in [3.8, 4) is 0 Å². The average molecular weight is 228 g/mol. The molecule has 0 spiro atoms. The van der Waals surface area contributed by atoms with E-state index in [2.05, 4.69) is 19.2 Å². The van der Waals surface area contributed by atoms with Crippen LogP contribution in [0, 0.1) is 5.92 Å². The van der Waals surface area contributed by atoms with Crippen molar-refractivity contribution in [3.63, 3.8) is 0 Å². The summed E-state index contributed by atoms with van der Waals surface area (Å²) in [5, 5.41) is 3.38. The highest BCUT2D eigenvalue weighted by molar-refractivity contribution is 5.68. The molecule has 0 saturated carbocycles. The van der Waals surface area contributed by atoms with Crippen molar-refractivity contribution >= 4 is 6.09 Å². The van der Waals surface area contributed by atoms with Gasteiger partial charge in [0.05, 0.1) is 6.61 Å². The Morgan fingerprint density at radius 2 is 2.31 bits per heavy atom. The number of hydrogen-bond acceptors (Lipinski definition) is 3. The van der Waals surface area contributed by atoms with Crippen LogP contribution in [0.3, 0.4) is 0 Å². The SMILES string of the molecule is CCOC(=O)N1CCCNCC1CC(C)C. The van der Waals surface area contributed by atoms with Gasteiger partial charge >= 0.3 is 6.09 Å². The van der Waals surface area contributed by atoms with Gasteiger partial charge in [0.2, 0.25) is 0 Å². The largest absolute Gasteiger partial charge is 0.450 e. The lowest BCUT2D eigenvalue weighted by Crippen LogP contribution is -2.44. The molecule has 0 aliphatic carbocycles. The first-order chi connectivity index (χ1) is 7.65. The Morgan fingerprint density at radius 3 is 2.94 bits per heavy atom. The summed E-state index contributed by atoms with van der Waals surface area (Å²) >= 11 is 0. The third-order valence-corrected chi connectivity index (χ3v) is 2.82. The number of hydrogen-bond donors (Lipinski definition) is 1. The number of carbonyl (C=O) groups excluding carboxylic acids is 1. The summed E-state index contributed by atoms with van der Waals surface area (Å²) in [6.07, 6.45) is 1.89. The van der Waals surface area contributed by atoms with E-state index < -0.39 is 0 Å². The number of nitrogens with one attached hydrogen (secondary N) is 1. The minimum atomic E-state index is -0.156. The zero-order chi connectivity index (χ0) is 12.0. The van der Waals surface area contributed by atoms with Crippen molar-refractivity contribution in [1.82, 2.24) is 10.2 Å². The zero-order valence-electron chi connectivity index (χ0n) is 10.7. The maximum atomic E-state index is 11.8. The van der Waals surface area contributed by atoms with E-state index in [0.717, 1.165) is 32.5 Å². The molecule has 0 aromatic heterocycles. The van der Waals surface area contributed by atoms with Crippen molar-refractivity contribution in [2.45, 2.75) is 39.7 Å². The summed E-state index contributed by atoms with van der Waals surface area (Å²) in [5.74, 6) is 0.599. The Labute approximate surface area is 98.3 Å². The van der Waals surface area contributed by atoms with Gasteiger partial charge in [0.1, 0.15) is 0 Å². The average Bonchev–Trinajstić information content (AvgIpc) is 2.43. The molecule has 0 radical (unpaired) electrons. The number of carbonyl (C=O) groups is 1. The van der Waals surface area contributed by atoms with Gasteiger partial charge < -0.3 is 15.0 Å². The first kappa shape index (κ1) is 13.3. The topological polar surface area (TPSA) is 41.6 Å². The Morgan fingerprint density at radius 1 is 1.56 bits per heavy atom. The smallest absolute Gasteiger partial charge is 0.410 e. The summed E-state index contributed by atoms with van der Waals surface area (Å²) in [4.78, 5) is 13.7. The van der Waals surface area contributed by atoms with Gasteiger partial charge in [-0.15, -0.1) is 0 Å². The van der Waals surface area contributed by atoms with E-state index in [9.17, 15) is 4.79 Å². The lowest BCUT2D eigenvalue weighted by Gasteiger charge is -2.30. The molecule has 94 valence electrons. The molecule has 4 heteroatoms. The predicted molar refractivity (Wildman–Crippen MR) is 64.5 cm³/mol. The van der Waals surface area contributed by atoms with Crippen molar-refractivity contribution in [1.29, 1.82) is 0 Å². The molecule has 1 fully saturated rings. The molecule has 1 N–H and O–H groups in total. The van der Waals surface area contributed by atoms with Gasteiger partial charge in [-0.1, -0.05) is 13.8 Å². The van der Waals surface area contributed by atoms with Crippen molar-refractivity contribution < 1.29 is 9.53 Å². The van der Waals surface area contributed by atoms with E-state index in [-0.39, 0.29) is 12.1 Å². The lowest BCUT2D eigenvalue weighted by atomic mass is 10.0. The van der Waals surface area contributed by atoms with Crippen LogP contribution in [-0.2, 0) is 4.74 Å². The number of rotatable bonds is 3. The van der Waals surface area contributed by atoms with E-state index in [1.165, 1.54) is 0 Å². The molecule has 0 aromatic rings. The molecule has 1 aliphatic rings. The quantitative estimate of drug-likeness (QED) is 0.801. The van der Waals surface area contributed by atoms with Crippen LogP contribution in [-0.4, -0.2) is 43.3 Å². The zero-order valence-corrected chi connectivity index (χ0v) is 10.7. The molecule has 1 atom stereocenters. The molecule has 1 amide bonds. The summed E-state index contributed by atoms with van der Waals surface area (Å²) in [6.45, 7) is 9.37. The predicted octanol–water partition coefficient (Wildman–Crippen LogP) is 1.85. The molecule has 1 unspecified atom stereocenters. The first-order valence-corrected chi connectivity index (χ1v) is 6.29. The summed E-state index contributed by atoms with van der Waals surface area (Å²) < 4.78 is 5.11. The van der Waals surface area contributed by atoms with Crippen LogP contribution in [0.4, 0.5) is 4.79 Å². The molecular weight excluding hydrogens is 204 g/mol. The highest BCUT2D eigenvalue weighted by Gasteiger charge is 2.26. The van der Waals surface area contributed by atoms with Crippen LogP contribution < -0.4 is 5.32 Å². The van der Waals surface area contributed by atoms with E-state index in [1.54, 1.807) is 0 Å². The van der Waals surface area contributed by atoms with E-state index in [1.807, 2.05) is 11.8 Å². The van der Waals surface area contributed by atoms with Gasteiger partial charge in [-0.2, -0.15) is 0 Å². The van der Waals surface area contributed by atoms with Crippen LogP contribution in [0.15, 0.2) is 0 Å². The van der Waals surface area contributed by atoms with Crippen molar-refractivity contribution in [3.05, 3.63) is 0 Å². The minimum absolute atomic E-state index is 0.156. The van der Waals surface area contributed by atoms with Crippen LogP contribution in [0.25, 0.3) is 0 Å². The molecule has 0 bridgehead atoms. The van der Waals surface area contributed by atoms with Gasteiger partial charge in [0.15, 0.2) is 0 Å². The fraction of sp³-hybridized carbons (Fsp3) is 0.917. The Kier molecular flexibility index (Phi) is 5.60. The Bertz CT molecular complexity index is 219. The summed E-state index contributed by atoms with van der Waals surface area (Å²) in [7, 11) is 0. The van der Waals surface area contributed by atoms with Gasteiger partial charge in [0, 0.05) is 19.1 Å². The molecule has 16 heavy (non-hydrogen) atoms. The second-order valence-electron chi connectivity index (χ2n) is 4.73. The molecular formula is C12H24N2O2. The molecule has 1 heterocycles. The van der Waals surface area contributed by atoms with E-state index >= 15 is 0 Å². The van der Waals surface area contributed by atoms with Crippen molar-refractivity contribution in [2.75, 3.05) is 26.2 Å². The maximum Gasteiger partial charge on any atom is 0.410 e. The maximum absolute atomic E-state index is 11.8. The molecule has 1 rings (SSSR count). The van der Waals surface area contributed by atoms with Gasteiger partial charge in [-0.3, -0.25) is 0 Å². The normalized spacial score (nSPS) is 22.0. The molecule has 0 aromatic carbocycles. The number of ether oxygens (including phenoxy) is 1. The van der Waals surface area contributed by atoms with E-state index in [0.29, 0.717) is 12.5 Å². The molecule has 4 nitrogen and oxygen atoms in total. The van der Waals surface area contributed by atoms with Crippen LogP contribution in [0.1, 0.15) is 33.6 Å². The standard InChI is InChI=1S/C12H24N2O2/c1-4-16-12(15)14-7-5-6-13-9-11(14)8-10(2)3/h10-11,13H,4-9H2,1-3H3. The molecule has 1 saturated heterocycles. The lowest BCUT2D eigenvalue weighted by molar-refractivity contribution is 0.0888. The van der Waals surface area contributed by atoms with Gasteiger partial charge in [-0.25, -0.2) is 4.79 Å². The third kappa shape index (κ3) is 4.00. The third-order valence-electron chi connectivity index (χ3n) is 2.82. The number of nitrogens with zero attached hydrogens (tertiary/aromatic N) is 1. The van der Waals surface area contributed by atoms with Crippen LogP contribution in [0.2, 0.25) is 0 Å². The van der Waals surface area contributed by atoms with Crippen LogP contribution in [0.5, 0.6) is 0 Å². The van der Waals surface area contributed by atoms with Crippen LogP contribution >= 0.6 is 0 Å². The van der Waals surface area contributed by atoms with Crippen molar-refractivity contribution in [2.24, 2.45) is 5.92 Å². The van der Waals surface area contributed by atoms with Gasteiger partial charge in [0.25, 0.3) is 0 Å². The van der Waals surface area contributed by atoms with Gasteiger partial charge in [-0.05, 0) is 32.2 Å². The fourth-order valence-electron chi connectivity index (χ4n) is 2.14. The monoisotopic (exact) mass is 228 g/mol. The minimum Gasteiger partial charge on any atom is -0.450 e. The highest BCUT2D eigenvalue weighted by Crippen LogP contribution is 2.14. The highest BCUT2D eigenvalue weighted by atomic mass is 16.6. The Hall–Kier alpha value is -0.770. The first-order valence-electron chi connectivity index (χ1n) is 6.29. The number of amides is 1. The second kappa shape index (κ2) is 6.74. The Balaban J connectivity index is 2.61. The molecule has 1 aliphatic heterocycles. The fourth-order valence-corrected chi connectivity index (χ4v) is 2.14. The second-order valence-corrected chi connectivity index (χ2v) is 4.73. The summed E-state index contributed by atoms with van der Waals surface area (Å²) in [5.41, 5.74) is 0.